The Kier molecular flexibility index (Phi) is 4.41. The van der Waals surface area contributed by atoms with Gasteiger partial charge >= 0.3 is 0 Å². The van der Waals surface area contributed by atoms with Crippen LogP contribution in [0, 0.1) is 6.92 Å². The zero-order valence-corrected chi connectivity index (χ0v) is 12.0. The minimum Gasteiger partial charge on any atom is -0.497 e. The summed E-state index contributed by atoms with van der Waals surface area (Å²) in [5.74, 6) is 1.33. The molecule has 104 valence electrons. The lowest BCUT2D eigenvalue weighted by atomic mass is 9.98. The summed E-state index contributed by atoms with van der Waals surface area (Å²) >= 11 is 0. The van der Waals surface area contributed by atoms with Gasteiger partial charge in [0.25, 0.3) is 0 Å². The molecule has 0 saturated heterocycles. The zero-order chi connectivity index (χ0) is 14.5. The molecule has 0 aliphatic heterocycles. The van der Waals surface area contributed by atoms with Crippen LogP contribution in [0.1, 0.15) is 28.4 Å². The van der Waals surface area contributed by atoms with Crippen molar-refractivity contribution in [2.75, 3.05) is 13.7 Å². The van der Waals surface area contributed by atoms with Crippen molar-refractivity contribution in [2.24, 2.45) is 0 Å². The molecule has 2 aromatic carbocycles. The van der Waals surface area contributed by atoms with E-state index in [0.717, 1.165) is 11.3 Å². The third-order valence-electron chi connectivity index (χ3n) is 3.11. The summed E-state index contributed by atoms with van der Waals surface area (Å²) < 4.78 is 10.7. The number of carbonyl (C=O) groups excluding carboxylic acids is 1. The van der Waals surface area contributed by atoms with Crippen LogP contribution in [0.4, 0.5) is 0 Å². The summed E-state index contributed by atoms with van der Waals surface area (Å²) in [6, 6.07) is 12.8. The topological polar surface area (TPSA) is 35.5 Å². The van der Waals surface area contributed by atoms with Crippen LogP contribution in [-0.4, -0.2) is 19.5 Å². The fraction of sp³-hybridized carbons (Fsp3) is 0.235. The quantitative estimate of drug-likeness (QED) is 0.778. The summed E-state index contributed by atoms with van der Waals surface area (Å²) in [6.07, 6.45) is 0. The first-order valence-electron chi connectivity index (χ1n) is 6.58. The Morgan fingerprint density at radius 3 is 2.50 bits per heavy atom. The second kappa shape index (κ2) is 6.24. The number of carbonyl (C=O) groups is 1. The molecule has 0 saturated carbocycles. The van der Waals surface area contributed by atoms with Crippen molar-refractivity contribution in [3.05, 3.63) is 59.2 Å². The molecule has 0 aliphatic carbocycles. The number of benzene rings is 2. The first kappa shape index (κ1) is 14.1. The van der Waals surface area contributed by atoms with Gasteiger partial charge in [-0.1, -0.05) is 12.1 Å². The summed E-state index contributed by atoms with van der Waals surface area (Å²) in [4.78, 5) is 12.6. The summed E-state index contributed by atoms with van der Waals surface area (Å²) in [5, 5.41) is 0. The van der Waals surface area contributed by atoms with Crippen LogP contribution in [0.25, 0.3) is 0 Å². The highest BCUT2D eigenvalue weighted by Gasteiger charge is 2.16. The van der Waals surface area contributed by atoms with E-state index < -0.39 is 0 Å². The van der Waals surface area contributed by atoms with Gasteiger partial charge < -0.3 is 9.47 Å². The lowest BCUT2D eigenvalue weighted by Gasteiger charge is -2.11. The standard InChI is InChI=1S/C17H18O3/c1-4-20-16-8-6-5-7-15(16)17(18)14-10-9-13(19-3)11-12(14)2/h5-11H,4H2,1-3H3. The van der Waals surface area contributed by atoms with E-state index in [-0.39, 0.29) is 5.78 Å². The minimum absolute atomic E-state index is 0.0331. The molecule has 0 fully saturated rings. The van der Waals surface area contributed by atoms with Crippen LogP contribution in [0.3, 0.4) is 0 Å². The van der Waals surface area contributed by atoms with Gasteiger partial charge in [0.15, 0.2) is 5.78 Å². The van der Waals surface area contributed by atoms with Crippen molar-refractivity contribution >= 4 is 5.78 Å². The second-order valence-corrected chi connectivity index (χ2v) is 4.44. The Hall–Kier alpha value is -2.29. The number of ketones is 1. The van der Waals surface area contributed by atoms with E-state index in [1.807, 2.05) is 38.1 Å². The predicted octanol–water partition coefficient (Wildman–Crippen LogP) is 3.63. The Morgan fingerprint density at radius 1 is 1.10 bits per heavy atom. The lowest BCUT2D eigenvalue weighted by molar-refractivity contribution is 0.103. The molecule has 0 aromatic heterocycles. The van der Waals surface area contributed by atoms with Crippen LogP contribution in [0.5, 0.6) is 11.5 Å². The molecule has 0 aliphatic rings. The van der Waals surface area contributed by atoms with E-state index in [1.54, 1.807) is 25.3 Å². The highest BCUT2D eigenvalue weighted by molar-refractivity contribution is 6.11. The highest BCUT2D eigenvalue weighted by Crippen LogP contribution is 2.25. The van der Waals surface area contributed by atoms with E-state index in [9.17, 15) is 4.79 Å². The Labute approximate surface area is 119 Å². The molecule has 0 heterocycles. The Morgan fingerprint density at radius 2 is 1.85 bits per heavy atom. The van der Waals surface area contributed by atoms with Gasteiger partial charge in [0.2, 0.25) is 0 Å². The van der Waals surface area contributed by atoms with Gasteiger partial charge in [-0.25, -0.2) is 0 Å². The highest BCUT2D eigenvalue weighted by atomic mass is 16.5. The van der Waals surface area contributed by atoms with Crippen molar-refractivity contribution in [1.29, 1.82) is 0 Å². The molecule has 0 radical (unpaired) electrons. The first-order chi connectivity index (χ1) is 9.67. The van der Waals surface area contributed by atoms with Crippen molar-refractivity contribution in [3.8, 4) is 11.5 Å². The van der Waals surface area contributed by atoms with E-state index in [0.29, 0.717) is 23.5 Å². The van der Waals surface area contributed by atoms with Crippen molar-refractivity contribution in [1.82, 2.24) is 0 Å². The van der Waals surface area contributed by atoms with Gasteiger partial charge in [-0.3, -0.25) is 4.79 Å². The Bertz CT molecular complexity index is 617. The van der Waals surface area contributed by atoms with Crippen LogP contribution in [-0.2, 0) is 0 Å². The smallest absolute Gasteiger partial charge is 0.197 e. The maximum Gasteiger partial charge on any atom is 0.197 e. The van der Waals surface area contributed by atoms with Gasteiger partial charge in [0.1, 0.15) is 11.5 Å². The number of hydrogen-bond acceptors (Lipinski definition) is 3. The number of rotatable bonds is 5. The van der Waals surface area contributed by atoms with Crippen LogP contribution in [0.15, 0.2) is 42.5 Å². The van der Waals surface area contributed by atoms with Crippen LogP contribution in [0.2, 0.25) is 0 Å². The minimum atomic E-state index is -0.0331. The summed E-state index contributed by atoms with van der Waals surface area (Å²) in [6.45, 7) is 4.34. The molecule has 2 aromatic rings. The van der Waals surface area contributed by atoms with Gasteiger partial charge in [0.05, 0.1) is 19.3 Å². The largest absolute Gasteiger partial charge is 0.497 e. The molecule has 2 rings (SSSR count). The number of ether oxygens (including phenoxy) is 2. The molecule has 3 heteroatoms. The van der Waals surface area contributed by atoms with Gasteiger partial charge in [-0.2, -0.15) is 0 Å². The van der Waals surface area contributed by atoms with Gasteiger partial charge in [-0.15, -0.1) is 0 Å². The molecule has 0 amide bonds. The average Bonchev–Trinajstić information content (AvgIpc) is 2.47. The molecule has 0 N–H and O–H groups in total. The summed E-state index contributed by atoms with van der Waals surface area (Å²) in [5.41, 5.74) is 2.14. The van der Waals surface area contributed by atoms with Gasteiger partial charge in [-0.05, 0) is 49.7 Å². The average molecular weight is 270 g/mol. The van der Waals surface area contributed by atoms with Crippen molar-refractivity contribution < 1.29 is 14.3 Å². The monoisotopic (exact) mass is 270 g/mol. The number of hydrogen-bond donors (Lipinski definition) is 0. The van der Waals surface area contributed by atoms with Crippen molar-refractivity contribution in [2.45, 2.75) is 13.8 Å². The van der Waals surface area contributed by atoms with Crippen LogP contribution >= 0.6 is 0 Å². The zero-order valence-electron chi connectivity index (χ0n) is 12.0. The fourth-order valence-electron chi connectivity index (χ4n) is 2.10. The Balaban J connectivity index is 2.41. The van der Waals surface area contributed by atoms with E-state index in [1.165, 1.54) is 0 Å². The molecule has 0 unspecified atom stereocenters. The normalized spacial score (nSPS) is 10.2. The molecular weight excluding hydrogens is 252 g/mol. The van der Waals surface area contributed by atoms with Crippen LogP contribution < -0.4 is 9.47 Å². The predicted molar refractivity (Wildman–Crippen MR) is 78.8 cm³/mol. The SMILES string of the molecule is CCOc1ccccc1C(=O)c1ccc(OC)cc1C. The maximum absolute atomic E-state index is 12.6. The maximum atomic E-state index is 12.6. The molecular formula is C17H18O3. The molecule has 0 spiro atoms. The lowest BCUT2D eigenvalue weighted by Crippen LogP contribution is -2.07. The number of aryl methyl sites for hydroxylation is 1. The van der Waals surface area contributed by atoms with E-state index >= 15 is 0 Å². The first-order valence-corrected chi connectivity index (χ1v) is 6.58. The van der Waals surface area contributed by atoms with Gasteiger partial charge in [0, 0.05) is 5.56 Å². The van der Waals surface area contributed by atoms with E-state index in [4.69, 9.17) is 9.47 Å². The second-order valence-electron chi connectivity index (χ2n) is 4.44. The number of methoxy groups -OCH3 is 1. The van der Waals surface area contributed by atoms with Crippen molar-refractivity contribution in [3.63, 3.8) is 0 Å². The van der Waals surface area contributed by atoms with E-state index in [2.05, 4.69) is 0 Å². The third kappa shape index (κ3) is 2.82. The number of para-hydroxylation sites is 1. The fourth-order valence-corrected chi connectivity index (χ4v) is 2.10. The molecule has 3 nitrogen and oxygen atoms in total. The summed E-state index contributed by atoms with van der Waals surface area (Å²) in [7, 11) is 1.61. The molecule has 0 bridgehead atoms. The molecule has 0 atom stereocenters. The molecule has 20 heavy (non-hydrogen) atoms. The third-order valence-corrected chi connectivity index (χ3v) is 3.11.